The summed E-state index contributed by atoms with van der Waals surface area (Å²) in [6.45, 7) is 7.30. The Morgan fingerprint density at radius 2 is 2.05 bits per heavy atom. The van der Waals surface area contributed by atoms with Gasteiger partial charge in [-0.1, -0.05) is 5.16 Å². The first-order valence-corrected chi connectivity index (χ1v) is 7.38. The lowest BCUT2D eigenvalue weighted by Crippen LogP contribution is -2.63. The molecule has 3 heterocycles. The van der Waals surface area contributed by atoms with Gasteiger partial charge in [0.1, 0.15) is 0 Å². The average Bonchev–Trinajstić information content (AvgIpc) is 2.83. The van der Waals surface area contributed by atoms with Crippen LogP contribution >= 0.6 is 0 Å². The van der Waals surface area contributed by atoms with Gasteiger partial charge in [0.15, 0.2) is 11.4 Å². The van der Waals surface area contributed by atoms with E-state index in [0.717, 1.165) is 0 Å². The van der Waals surface area contributed by atoms with E-state index in [1.165, 1.54) is 6.92 Å². The summed E-state index contributed by atoms with van der Waals surface area (Å²) >= 11 is 0. The standard InChI is InChI=1S/C14H20N4O4/c1-9-15-12(22-16-9)11-6-18(7-11)13(20)14(3)8-17(10(2)19)4-5-21-14/h11H,4-8H2,1-3H3/t14-/m1/s1. The lowest BCUT2D eigenvalue weighted by atomic mass is 9.94. The number of hydrogen-bond acceptors (Lipinski definition) is 6. The first-order valence-electron chi connectivity index (χ1n) is 7.38. The van der Waals surface area contributed by atoms with Gasteiger partial charge in [-0.15, -0.1) is 0 Å². The van der Waals surface area contributed by atoms with Crippen LogP contribution in [0.4, 0.5) is 0 Å². The maximum absolute atomic E-state index is 12.6. The number of amides is 2. The van der Waals surface area contributed by atoms with Gasteiger partial charge in [0, 0.05) is 26.6 Å². The average molecular weight is 308 g/mol. The molecule has 0 N–H and O–H groups in total. The van der Waals surface area contributed by atoms with Gasteiger partial charge < -0.3 is 19.1 Å². The molecule has 0 unspecified atom stereocenters. The van der Waals surface area contributed by atoms with Crippen molar-refractivity contribution in [3.63, 3.8) is 0 Å². The van der Waals surface area contributed by atoms with E-state index in [1.54, 1.807) is 23.6 Å². The Hall–Kier alpha value is -1.96. The van der Waals surface area contributed by atoms with Crippen molar-refractivity contribution in [2.45, 2.75) is 32.3 Å². The van der Waals surface area contributed by atoms with Crippen LogP contribution < -0.4 is 0 Å². The molecule has 1 atom stereocenters. The topological polar surface area (TPSA) is 88.8 Å². The molecule has 3 rings (SSSR count). The van der Waals surface area contributed by atoms with E-state index in [1.807, 2.05) is 0 Å². The van der Waals surface area contributed by atoms with Crippen molar-refractivity contribution in [1.29, 1.82) is 0 Å². The lowest BCUT2D eigenvalue weighted by molar-refractivity contribution is -0.174. The van der Waals surface area contributed by atoms with Crippen LogP contribution in [-0.2, 0) is 14.3 Å². The zero-order chi connectivity index (χ0) is 15.9. The van der Waals surface area contributed by atoms with E-state index in [4.69, 9.17) is 9.26 Å². The van der Waals surface area contributed by atoms with Gasteiger partial charge in [-0.3, -0.25) is 9.59 Å². The number of aryl methyl sites for hydroxylation is 1. The van der Waals surface area contributed by atoms with Gasteiger partial charge in [0.05, 0.1) is 19.1 Å². The first kappa shape index (κ1) is 15.0. The maximum Gasteiger partial charge on any atom is 0.256 e. The van der Waals surface area contributed by atoms with Crippen molar-refractivity contribution in [3.05, 3.63) is 11.7 Å². The van der Waals surface area contributed by atoms with E-state index in [9.17, 15) is 9.59 Å². The molecule has 2 fully saturated rings. The highest BCUT2D eigenvalue weighted by molar-refractivity contribution is 5.87. The Bertz CT molecular complexity index is 595. The summed E-state index contributed by atoms with van der Waals surface area (Å²) in [5, 5.41) is 3.76. The summed E-state index contributed by atoms with van der Waals surface area (Å²) in [4.78, 5) is 31.7. The smallest absolute Gasteiger partial charge is 0.256 e. The van der Waals surface area contributed by atoms with E-state index < -0.39 is 5.60 Å². The summed E-state index contributed by atoms with van der Waals surface area (Å²) in [5.74, 6) is 1.12. The third kappa shape index (κ3) is 2.58. The fraction of sp³-hybridized carbons (Fsp3) is 0.714. The molecule has 2 aliphatic heterocycles. The second kappa shape index (κ2) is 5.35. The van der Waals surface area contributed by atoms with Crippen LogP contribution in [0.25, 0.3) is 0 Å². The molecule has 0 bridgehead atoms. The predicted molar refractivity (Wildman–Crippen MR) is 75.0 cm³/mol. The Kier molecular flexibility index (Phi) is 3.64. The Morgan fingerprint density at radius 3 is 2.64 bits per heavy atom. The fourth-order valence-electron chi connectivity index (χ4n) is 2.88. The number of hydrogen-bond donors (Lipinski definition) is 0. The summed E-state index contributed by atoms with van der Waals surface area (Å²) in [6, 6.07) is 0. The third-order valence-electron chi connectivity index (χ3n) is 4.23. The van der Waals surface area contributed by atoms with Gasteiger partial charge in [-0.05, 0) is 13.8 Å². The van der Waals surface area contributed by atoms with Gasteiger partial charge in [0.25, 0.3) is 5.91 Å². The highest BCUT2D eigenvalue weighted by Crippen LogP contribution is 2.30. The van der Waals surface area contributed by atoms with Crippen LogP contribution in [0.15, 0.2) is 4.52 Å². The van der Waals surface area contributed by atoms with Gasteiger partial charge >= 0.3 is 0 Å². The minimum Gasteiger partial charge on any atom is -0.362 e. The Labute approximate surface area is 128 Å². The molecule has 1 aromatic rings. The number of morpholine rings is 1. The quantitative estimate of drug-likeness (QED) is 0.760. The number of rotatable bonds is 2. The van der Waals surface area contributed by atoms with Crippen LogP contribution in [0.1, 0.15) is 31.5 Å². The molecule has 1 aromatic heterocycles. The Morgan fingerprint density at radius 1 is 1.32 bits per heavy atom. The molecular weight excluding hydrogens is 288 g/mol. The highest BCUT2D eigenvalue weighted by atomic mass is 16.5. The molecule has 0 radical (unpaired) electrons. The zero-order valence-corrected chi connectivity index (χ0v) is 13.0. The lowest BCUT2D eigenvalue weighted by Gasteiger charge is -2.45. The number of nitrogens with zero attached hydrogens (tertiary/aromatic N) is 4. The van der Waals surface area contributed by atoms with E-state index in [2.05, 4.69) is 10.1 Å². The van der Waals surface area contributed by atoms with Crippen molar-refractivity contribution in [2.75, 3.05) is 32.8 Å². The minimum atomic E-state index is -0.973. The SMILES string of the molecule is CC(=O)N1CCO[C@@](C)(C(=O)N2CC(c3nc(C)no3)C2)C1. The number of likely N-dealkylation sites (tertiary alicyclic amines) is 1. The van der Waals surface area contributed by atoms with Gasteiger partial charge in [-0.2, -0.15) is 4.98 Å². The summed E-state index contributed by atoms with van der Waals surface area (Å²) in [7, 11) is 0. The molecule has 0 spiro atoms. The largest absolute Gasteiger partial charge is 0.362 e. The highest BCUT2D eigenvalue weighted by Gasteiger charge is 2.47. The summed E-state index contributed by atoms with van der Waals surface area (Å²) < 4.78 is 10.8. The third-order valence-corrected chi connectivity index (χ3v) is 4.23. The minimum absolute atomic E-state index is 0.0369. The van der Waals surface area contributed by atoms with Crippen molar-refractivity contribution in [2.24, 2.45) is 0 Å². The molecule has 22 heavy (non-hydrogen) atoms. The van der Waals surface area contributed by atoms with Crippen LogP contribution in [-0.4, -0.2) is 70.1 Å². The number of aromatic nitrogens is 2. The number of carbonyl (C=O) groups is 2. The maximum atomic E-state index is 12.6. The van der Waals surface area contributed by atoms with Crippen LogP contribution in [0, 0.1) is 6.92 Å². The molecule has 8 nitrogen and oxygen atoms in total. The van der Waals surface area contributed by atoms with Crippen molar-refractivity contribution >= 4 is 11.8 Å². The second-order valence-electron chi connectivity index (χ2n) is 6.11. The summed E-state index contributed by atoms with van der Waals surface area (Å²) in [6.07, 6.45) is 0. The normalized spacial score (nSPS) is 26.0. The molecule has 0 aromatic carbocycles. The molecule has 2 aliphatic rings. The Balaban J connectivity index is 1.61. The summed E-state index contributed by atoms with van der Waals surface area (Å²) in [5.41, 5.74) is -0.973. The van der Waals surface area contributed by atoms with E-state index in [0.29, 0.717) is 44.5 Å². The van der Waals surface area contributed by atoms with Gasteiger partial charge in [0.2, 0.25) is 11.8 Å². The molecule has 8 heteroatoms. The molecule has 2 amide bonds. The molecular formula is C14H20N4O4. The zero-order valence-electron chi connectivity index (χ0n) is 13.0. The first-order chi connectivity index (χ1) is 10.4. The predicted octanol–water partition coefficient (Wildman–Crippen LogP) is -0.0588. The molecule has 120 valence electrons. The molecule has 0 saturated carbocycles. The van der Waals surface area contributed by atoms with Gasteiger partial charge in [-0.25, -0.2) is 0 Å². The van der Waals surface area contributed by atoms with Crippen LogP contribution in [0.2, 0.25) is 0 Å². The van der Waals surface area contributed by atoms with E-state index in [-0.39, 0.29) is 17.7 Å². The molecule has 0 aliphatic carbocycles. The number of carbonyl (C=O) groups excluding carboxylic acids is 2. The van der Waals surface area contributed by atoms with Crippen molar-refractivity contribution in [1.82, 2.24) is 19.9 Å². The molecule has 2 saturated heterocycles. The van der Waals surface area contributed by atoms with Crippen molar-refractivity contribution < 1.29 is 18.8 Å². The number of ether oxygens (including phenoxy) is 1. The second-order valence-corrected chi connectivity index (χ2v) is 6.11. The van der Waals surface area contributed by atoms with Crippen LogP contribution in [0.5, 0.6) is 0 Å². The van der Waals surface area contributed by atoms with Crippen LogP contribution in [0.3, 0.4) is 0 Å². The van der Waals surface area contributed by atoms with Crippen molar-refractivity contribution in [3.8, 4) is 0 Å². The monoisotopic (exact) mass is 308 g/mol. The fourth-order valence-corrected chi connectivity index (χ4v) is 2.88. The van der Waals surface area contributed by atoms with E-state index >= 15 is 0 Å².